The second-order valence-corrected chi connectivity index (χ2v) is 7.03. The first-order valence-corrected chi connectivity index (χ1v) is 8.69. The van der Waals surface area contributed by atoms with E-state index < -0.39 is 11.6 Å². The summed E-state index contributed by atoms with van der Waals surface area (Å²) in [5, 5.41) is 23.0. The third-order valence-corrected chi connectivity index (χ3v) is 4.93. The summed E-state index contributed by atoms with van der Waals surface area (Å²) in [5.41, 5.74) is 1.60. The summed E-state index contributed by atoms with van der Waals surface area (Å²) in [7, 11) is 0. The molecule has 4 heteroatoms. The second-order valence-electron chi connectivity index (χ2n) is 7.03. The molecular formula is C19H29NO3. The molecule has 1 fully saturated rings. The van der Waals surface area contributed by atoms with Gasteiger partial charge in [0.15, 0.2) is 0 Å². The molecule has 3 N–H and O–H groups in total. The van der Waals surface area contributed by atoms with Crippen molar-refractivity contribution in [3.05, 3.63) is 35.4 Å². The highest BCUT2D eigenvalue weighted by atomic mass is 16.4. The van der Waals surface area contributed by atoms with Gasteiger partial charge in [0.05, 0.1) is 5.60 Å². The van der Waals surface area contributed by atoms with Gasteiger partial charge in [-0.1, -0.05) is 38.1 Å². The Bertz CT molecular complexity index is 502. The molecule has 0 spiro atoms. The first-order chi connectivity index (χ1) is 10.9. The molecule has 0 bridgehead atoms. The van der Waals surface area contributed by atoms with Gasteiger partial charge in [-0.05, 0) is 55.7 Å². The molecule has 1 aromatic carbocycles. The van der Waals surface area contributed by atoms with E-state index in [2.05, 4.69) is 43.4 Å². The van der Waals surface area contributed by atoms with Gasteiger partial charge in [-0.25, -0.2) is 0 Å². The second kappa shape index (κ2) is 7.93. The molecule has 0 amide bonds. The Hall–Kier alpha value is -1.39. The van der Waals surface area contributed by atoms with Crippen LogP contribution in [-0.4, -0.2) is 28.8 Å². The SMILES string of the molecule is CC(C)c1ccc(C2(O)CCC(NCCCC(=O)O)CC2)cc1. The predicted octanol–water partition coefficient (Wildman–Crippen LogP) is 3.39. The van der Waals surface area contributed by atoms with E-state index in [1.807, 2.05) is 0 Å². The minimum Gasteiger partial charge on any atom is -0.481 e. The number of aliphatic hydroxyl groups is 1. The Morgan fingerprint density at radius 2 is 1.87 bits per heavy atom. The van der Waals surface area contributed by atoms with Crippen LogP contribution in [0, 0.1) is 0 Å². The number of carbonyl (C=O) groups is 1. The molecule has 0 heterocycles. The van der Waals surface area contributed by atoms with Crippen molar-refractivity contribution in [2.75, 3.05) is 6.54 Å². The average molecular weight is 319 g/mol. The number of carboxylic acid groups (broad SMARTS) is 1. The van der Waals surface area contributed by atoms with Gasteiger partial charge < -0.3 is 15.5 Å². The Labute approximate surface area is 138 Å². The molecule has 2 rings (SSSR count). The number of aliphatic carboxylic acids is 1. The summed E-state index contributed by atoms with van der Waals surface area (Å²) in [4.78, 5) is 10.5. The summed E-state index contributed by atoms with van der Waals surface area (Å²) < 4.78 is 0. The summed E-state index contributed by atoms with van der Waals surface area (Å²) in [6.07, 6.45) is 4.23. The summed E-state index contributed by atoms with van der Waals surface area (Å²) >= 11 is 0. The normalized spacial score (nSPS) is 24.8. The fraction of sp³-hybridized carbons (Fsp3) is 0.632. The highest BCUT2D eigenvalue weighted by molar-refractivity contribution is 5.66. The zero-order valence-corrected chi connectivity index (χ0v) is 14.2. The highest BCUT2D eigenvalue weighted by Gasteiger charge is 2.34. The van der Waals surface area contributed by atoms with Crippen LogP contribution in [0.15, 0.2) is 24.3 Å². The van der Waals surface area contributed by atoms with E-state index in [9.17, 15) is 9.90 Å². The smallest absolute Gasteiger partial charge is 0.303 e. The van der Waals surface area contributed by atoms with E-state index in [1.54, 1.807) is 0 Å². The van der Waals surface area contributed by atoms with Crippen LogP contribution < -0.4 is 5.32 Å². The lowest BCUT2D eigenvalue weighted by atomic mass is 9.77. The van der Waals surface area contributed by atoms with Crippen molar-refractivity contribution in [1.82, 2.24) is 5.32 Å². The molecule has 4 nitrogen and oxygen atoms in total. The number of rotatable bonds is 7. The lowest BCUT2D eigenvalue weighted by molar-refractivity contribution is -0.137. The first kappa shape index (κ1) is 18.0. The predicted molar refractivity (Wildman–Crippen MR) is 91.6 cm³/mol. The van der Waals surface area contributed by atoms with Gasteiger partial charge in [-0.2, -0.15) is 0 Å². The maximum absolute atomic E-state index is 10.9. The van der Waals surface area contributed by atoms with Gasteiger partial charge in [0.1, 0.15) is 0 Å². The van der Waals surface area contributed by atoms with Crippen LogP contribution in [-0.2, 0) is 10.4 Å². The monoisotopic (exact) mass is 319 g/mol. The van der Waals surface area contributed by atoms with Crippen molar-refractivity contribution >= 4 is 5.97 Å². The van der Waals surface area contributed by atoms with Gasteiger partial charge >= 0.3 is 5.97 Å². The highest BCUT2D eigenvalue weighted by Crippen LogP contribution is 2.37. The van der Waals surface area contributed by atoms with Crippen molar-refractivity contribution in [2.45, 2.75) is 69.9 Å². The Morgan fingerprint density at radius 3 is 2.39 bits per heavy atom. The number of hydrogen-bond donors (Lipinski definition) is 3. The average Bonchev–Trinajstić information content (AvgIpc) is 2.53. The van der Waals surface area contributed by atoms with Crippen LogP contribution in [0.5, 0.6) is 0 Å². The number of hydrogen-bond acceptors (Lipinski definition) is 3. The first-order valence-electron chi connectivity index (χ1n) is 8.69. The molecule has 1 aliphatic rings. The molecule has 0 unspecified atom stereocenters. The summed E-state index contributed by atoms with van der Waals surface area (Å²) in [5.74, 6) is -0.237. The fourth-order valence-corrected chi connectivity index (χ4v) is 3.31. The summed E-state index contributed by atoms with van der Waals surface area (Å²) in [6, 6.07) is 8.76. The Kier molecular flexibility index (Phi) is 6.19. The standard InChI is InChI=1S/C19H29NO3/c1-14(2)15-5-7-16(8-6-15)19(23)11-9-17(10-12-19)20-13-3-4-18(21)22/h5-8,14,17,20,23H,3-4,9-13H2,1-2H3,(H,21,22). The van der Waals surface area contributed by atoms with Crippen molar-refractivity contribution in [3.8, 4) is 0 Å². The van der Waals surface area contributed by atoms with Crippen LogP contribution in [0.25, 0.3) is 0 Å². The van der Waals surface area contributed by atoms with Crippen molar-refractivity contribution in [2.24, 2.45) is 0 Å². The van der Waals surface area contributed by atoms with E-state index in [0.29, 0.717) is 18.4 Å². The molecule has 1 aromatic rings. The quantitative estimate of drug-likeness (QED) is 0.674. The van der Waals surface area contributed by atoms with Crippen LogP contribution >= 0.6 is 0 Å². The maximum atomic E-state index is 10.9. The fourth-order valence-electron chi connectivity index (χ4n) is 3.31. The van der Waals surface area contributed by atoms with Crippen LogP contribution in [0.1, 0.15) is 69.4 Å². The molecule has 1 aliphatic carbocycles. The van der Waals surface area contributed by atoms with Crippen LogP contribution in [0.4, 0.5) is 0 Å². The van der Waals surface area contributed by atoms with Gasteiger partial charge in [0.2, 0.25) is 0 Å². The summed E-state index contributed by atoms with van der Waals surface area (Å²) in [6.45, 7) is 5.08. The molecule has 1 saturated carbocycles. The Balaban J connectivity index is 1.83. The number of nitrogens with one attached hydrogen (secondary N) is 1. The molecule has 128 valence electrons. The minimum atomic E-state index is -0.741. The van der Waals surface area contributed by atoms with E-state index >= 15 is 0 Å². The van der Waals surface area contributed by atoms with Gasteiger partial charge in [-0.15, -0.1) is 0 Å². The van der Waals surface area contributed by atoms with E-state index in [0.717, 1.165) is 37.8 Å². The van der Waals surface area contributed by atoms with Gasteiger partial charge in [0, 0.05) is 12.5 Å². The molecule has 0 atom stereocenters. The molecule has 0 aromatic heterocycles. The van der Waals surface area contributed by atoms with Crippen LogP contribution in [0.2, 0.25) is 0 Å². The topological polar surface area (TPSA) is 69.6 Å². The van der Waals surface area contributed by atoms with E-state index in [1.165, 1.54) is 5.56 Å². The number of benzene rings is 1. The zero-order chi connectivity index (χ0) is 16.9. The van der Waals surface area contributed by atoms with E-state index in [4.69, 9.17) is 5.11 Å². The molecular weight excluding hydrogens is 290 g/mol. The molecule has 0 aliphatic heterocycles. The molecule has 0 radical (unpaired) electrons. The maximum Gasteiger partial charge on any atom is 0.303 e. The van der Waals surface area contributed by atoms with Crippen molar-refractivity contribution < 1.29 is 15.0 Å². The van der Waals surface area contributed by atoms with Crippen molar-refractivity contribution in [3.63, 3.8) is 0 Å². The molecule has 0 saturated heterocycles. The van der Waals surface area contributed by atoms with Gasteiger partial charge in [0.25, 0.3) is 0 Å². The lowest BCUT2D eigenvalue weighted by Gasteiger charge is -2.37. The molecule has 23 heavy (non-hydrogen) atoms. The van der Waals surface area contributed by atoms with Crippen LogP contribution in [0.3, 0.4) is 0 Å². The van der Waals surface area contributed by atoms with E-state index in [-0.39, 0.29) is 6.42 Å². The number of carboxylic acids is 1. The van der Waals surface area contributed by atoms with Gasteiger partial charge in [-0.3, -0.25) is 4.79 Å². The van der Waals surface area contributed by atoms with Crippen molar-refractivity contribution in [1.29, 1.82) is 0 Å². The zero-order valence-electron chi connectivity index (χ0n) is 14.2. The largest absolute Gasteiger partial charge is 0.481 e. The lowest BCUT2D eigenvalue weighted by Crippen LogP contribution is -2.40. The third kappa shape index (κ3) is 5.05. The minimum absolute atomic E-state index is 0.214. The third-order valence-electron chi connectivity index (χ3n) is 4.93. The Morgan fingerprint density at radius 1 is 1.26 bits per heavy atom.